The van der Waals surface area contributed by atoms with Crippen LogP contribution in [0.3, 0.4) is 0 Å². The minimum atomic E-state index is -0.329. The van der Waals surface area contributed by atoms with E-state index in [1.807, 2.05) is 0 Å². The molecule has 1 rings (SSSR count). The van der Waals surface area contributed by atoms with E-state index in [0.717, 1.165) is 0 Å². The van der Waals surface area contributed by atoms with Crippen molar-refractivity contribution in [2.24, 2.45) is 0 Å². The maximum absolute atomic E-state index is 11.5. The van der Waals surface area contributed by atoms with E-state index in [0.29, 0.717) is 17.9 Å². The molecular formula is C10H14N2O4. The van der Waals surface area contributed by atoms with Crippen LogP contribution in [0.15, 0.2) is 10.7 Å². The van der Waals surface area contributed by atoms with Crippen molar-refractivity contribution in [2.75, 3.05) is 13.2 Å². The van der Waals surface area contributed by atoms with Crippen molar-refractivity contribution in [1.29, 1.82) is 0 Å². The zero-order chi connectivity index (χ0) is 12.0. The molecule has 0 atom stereocenters. The summed E-state index contributed by atoms with van der Waals surface area (Å²) >= 11 is 0. The van der Waals surface area contributed by atoms with Gasteiger partial charge in [0.1, 0.15) is 11.3 Å². The number of ether oxygens (including phenoxy) is 1. The Labute approximate surface area is 92.9 Å². The lowest BCUT2D eigenvalue weighted by Crippen LogP contribution is -2.26. The van der Waals surface area contributed by atoms with Gasteiger partial charge in [-0.1, -0.05) is 5.16 Å². The van der Waals surface area contributed by atoms with Gasteiger partial charge in [0.25, 0.3) is 5.91 Å². The number of rotatable bonds is 5. The number of esters is 1. The van der Waals surface area contributed by atoms with Crippen molar-refractivity contribution < 1.29 is 18.8 Å². The minimum absolute atomic E-state index is 0.157. The number of aromatic nitrogens is 1. The average molecular weight is 226 g/mol. The Morgan fingerprint density at radius 3 is 2.88 bits per heavy atom. The van der Waals surface area contributed by atoms with E-state index in [9.17, 15) is 9.59 Å². The molecule has 1 N–H and O–H groups in total. The first-order valence-electron chi connectivity index (χ1n) is 5.00. The highest BCUT2D eigenvalue weighted by atomic mass is 16.5. The maximum Gasteiger partial charge on any atom is 0.307 e. The number of hydrogen-bond donors (Lipinski definition) is 1. The number of carbonyl (C=O) groups is 2. The first-order valence-corrected chi connectivity index (χ1v) is 5.00. The molecule has 6 heteroatoms. The molecule has 0 saturated carbocycles. The largest absolute Gasteiger partial charge is 0.466 e. The van der Waals surface area contributed by atoms with Crippen LogP contribution in [0.2, 0.25) is 0 Å². The third-order valence-electron chi connectivity index (χ3n) is 1.92. The van der Waals surface area contributed by atoms with Gasteiger partial charge in [0.2, 0.25) is 0 Å². The van der Waals surface area contributed by atoms with Gasteiger partial charge in [-0.05, 0) is 13.8 Å². The van der Waals surface area contributed by atoms with Gasteiger partial charge < -0.3 is 14.6 Å². The Kier molecular flexibility index (Phi) is 4.50. The van der Waals surface area contributed by atoms with Gasteiger partial charge >= 0.3 is 5.97 Å². The molecule has 1 aromatic rings. The summed E-state index contributed by atoms with van der Waals surface area (Å²) in [7, 11) is 0. The first kappa shape index (κ1) is 12.2. The van der Waals surface area contributed by atoms with Crippen LogP contribution >= 0.6 is 0 Å². The van der Waals surface area contributed by atoms with E-state index in [2.05, 4.69) is 10.5 Å². The summed E-state index contributed by atoms with van der Waals surface area (Å²) in [6, 6.07) is 0. The molecule has 6 nitrogen and oxygen atoms in total. The van der Waals surface area contributed by atoms with Crippen LogP contribution in [0.4, 0.5) is 0 Å². The lowest BCUT2D eigenvalue weighted by Gasteiger charge is -2.03. The lowest BCUT2D eigenvalue weighted by atomic mass is 10.2. The molecule has 1 amide bonds. The van der Waals surface area contributed by atoms with E-state index in [4.69, 9.17) is 9.26 Å². The fraction of sp³-hybridized carbons (Fsp3) is 0.500. The number of carbonyl (C=O) groups excluding carboxylic acids is 2. The van der Waals surface area contributed by atoms with E-state index in [1.54, 1.807) is 13.8 Å². The molecule has 0 aliphatic carbocycles. The van der Waals surface area contributed by atoms with Gasteiger partial charge in [0, 0.05) is 6.54 Å². The lowest BCUT2D eigenvalue weighted by molar-refractivity contribution is -0.142. The van der Waals surface area contributed by atoms with Crippen molar-refractivity contribution in [3.8, 4) is 0 Å². The zero-order valence-corrected chi connectivity index (χ0v) is 9.28. The van der Waals surface area contributed by atoms with E-state index >= 15 is 0 Å². The molecular weight excluding hydrogens is 212 g/mol. The summed E-state index contributed by atoms with van der Waals surface area (Å²) < 4.78 is 9.47. The second kappa shape index (κ2) is 5.89. The first-order chi connectivity index (χ1) is 7.65. The third kappa shape index (κ3) is 3.38. The maximum atomic E-state index is 11.5. The Balaban J connectivity index is 2.31. The second-order valence-electron chi connectivity index (χ2n) is 3.11. The second-order valence-corrected chi connectivity index (χ2v) is 3.11. The highest BCUT2D eigenvalue weighted by Gasteiger charge is 2.12. The smallest absolute Gasteiger partial charge is 0.307 e. The molecule has 0 saturated heterocycles. The summed E-state index contributed by atoms with van der Waals surface area (Å²) in [5, 5.41) is 6.06. The topological polar surface area (TPSA) is 81.4 Å². The summed E-state index contributed by atoms with van der Waals surface area (Å²) in [4.78, 5) is 22.5. The molecule has 0 aliphatic heterocycles. The molecule has 0 bridgehead atoms. The number of nitrogens with one attached hydrogen (secondary N) is 1. The molecule has 0 radical (unpaired) electrons. The van der Waals surface area contributed by atoms with Crippen molar-refractivity contribution in [3.63, 3.8) is 0 Å². The van der Waals surface area contributed by atoms with Gasteiger partial charge in [-0.15, -0.1) is 0 Å². The fourth-order valence-electron chi connectivity index (χ4n) is 1.12. The van der Waals surface area contributed by atoms with Crippen LogP contribution in [0.1, 0.15) is 29.5 Å². The Morgan fingerprint density at radius 2 is 2.31 bits per heavy atom. The zero-order valence-electron chi connectivity index (χ0n) is 9.28. The van der Waals surface area contributed by atoms with Crippen LogP contribution in [0, 0.1) is 6.92 Å². The van der Waals surface area contributed by atoms with Gasteiger partial charge in [-0.3, -0.25) is 9.59 Å². The molecule has 0 spiro atoms. The molecule has 1 heterocycles. The highest BCUT2D eigenvalue weighted by molar-refractivity contribution is 5.94. The predicted molar refractivity (Wildman–Crippen MR) is 54.8 cm³/mol. The van der Waals surface area contributed by atoms with Crippen molar-refractivity contribution in [1.82, 2.24) is 10.5 Å². The van der Waals surface area contributed by atoms with Crippen molar-refractivity contribution >= 4 is 11.9 Å². The van der Waals surface area contributed by atoms with Crippen LogP contribution in [0.5, 0.6) is 0 Å². The molecule has 0 fully saturated rings. The molecule has 1 aromatic heterocycles. The number of amides is 1. The number of aryl methyl sites for hydroxylation is 1. The number of hydrogen-bond acceptors (Lipinski definition) is 5. The van der Waals surface area contributed by atoms with E-state index in [-0.39, 0.29) is 24.8 Å². The quantitative estimate of drug-likeness (QED) is 0.746. The molecule has 16 heavy (non-hydrogen) atoms. The van der Waals surface area contributed by atoms with Gasteiger partial charge in [-0.25, -0.2) is 0 Å². The number of nitrogens with zero attached hydrogens (tertiary/aromatic N) is 1. The van der Waals surface area contributed by atoms with Gasteiger partial charge in [-0.2, -0.15) is 0 Å². The fourth-order valence-corrected chi connectivity index (χ4v) is 1.12. The normalized spacial score (nSPS) is 9.88. The summed E-state index contributed by atoms with van der Waals surface area (Å²) in [6.45, 7) is 3.96. The summed E-state index contributed by atoms with van der Waals surface area (Å²) in [5.74, 6) is -0.179. The van der Waals surface area contributed by atoms with Crippen LogP contribution in [0.25, 0.3) is 0 Å². The molecule has 88 valence electrons. The Hall–Kier alpha value is -1.85. The molecule has 0 aliphatic rings. The average Bonchev–Trinajstić information content (AvgIpc) is 2.64. The van der Waals surface area contributed by atoms with Crippen molar-refractivity contribution in [2.45, 2.75) is 20.3 Å². The van der Waals surface area contributed by atoms with Gasteiger partial charge in [0.05, 0.1) is 19.2 Å². The van der Waals surface area contributed by atoms with Crippen LogP contribution < -0.4 is 5.32 Å². The molecule has 0 aromatic carbocycles. The van der Waals surface area contributed by atoms with E-state index < -0.39 is 0 Å². The minimum Gasteiger partial charge on any atom is -0.466 e. The Bertz CT molecular complexity index is 373. The van der Waals surface area contributed by atoms with Gasteiger partial charge in [0.15, 0.2) is 0 Å². The third-order valence-corrected chi connectivity index (χ3v) is 1.92. The van der Waals surface area contributed by atoms with Crippen LogP contribution in [-0.4, -0.2) is 30.2 Å². The van der Waals surface area contributed by atoms with Crippen molar-refractivity contribution in [3.05, 3.63) is 17.5 Å². The molecule has 0 unspecified atom stereocenters. The predicted octanol–water partition coefficient (Wildman–Crippen LogP) is 0.666. The van der Waals surface area contributed by atoms with Crippen LogP contribution in [-0.2, 0) is 9.53 Å². The van der Waals surface area contributed by atoms with E-state index in [1.165, 1.54) is 6.20 Å². The standard InChI is InChI=1S/C10H14N2O4/c1-3-15-9(13)4-5-11-10(14)8-6-12-16-7(8)2/h6H,3-5H2,1-2H3,(H,11,14). The summed E-state index contributed by atoms with van der Waals surface area (Å²) in [6.07, 6.45) is 1.50. The monoisotopic (exact) mass is 226 g/mol. The SMILES string of the molecule is CCOC(=O)CCNC(=O)c1cnoc1C. The Morgan fingerprint density at radius 1 is 1.56 bits per heavy atom. The summed E-state index contributed by atoms with van der Waals surface area (Å²) in [5.41, 5.74) is 0.379. The highest BCUT2D eigenvalue weighted by Crippen LogP contribution is 2.04.